The maximum absolute atomic E-state index is 12.1. The lowest BCUT2D eigenvalue weighted by molar-refractivity contribution is -0.144. The highest BCUT2D eigenvalue weighted by molar-refractivity contribution is 6.74. The van der Waals surface area contributed by atoms with Gasteiger partial charge in [-0.2, -0.15) is 0 Å². The van der Waals surface area contributed by atoms with Gasteiger partial charge >= 0.3 is 12.1 Å². The van der Waals surface area contributed by atoms with Crippen LogP contribution in [-0.2, 0) is 16.0 Å². The first kappa shape index (κ1) is 24.0. The molecule has 0 spiro atoms. The summed E-state index contributed by atoms with van der Waals surface area (Å²) in [5.74, 6) is -0.354. The number of carboxylic acid groups (broad SMARTS) is 1. The second-order valence-corrected chi connectivity index (χ2v) is 14.7. The Labute approximate surface area is 169 Å². The van der Waals surface area contributed by atoms with E-state index in [0.717, 1.165) is 11.3 Å². The number of ether oxygens (including phenoxy) is 1. The highest BCUT2D eigenvalue weighted by Gasteiger charge is 2.39. The fourth-order valence-electron chi connectivity index (χ4n) is 2.23. The number of nitrogens with one attached hydrogen (secondary N) is 1. The van der Waals surface area contributed by atoms with Gasteiger partial charge in [0.1, 0.15) is 16.9 Å². The first-order valence-electron chi connectivity index (χ1n) is 9.48. The minimum Gasteiger partial charge on any atom is -0.544 e. The van der Waals surface area contributed by atoms with Gasteiger partial charge in [-0.3, -0.25) is 0 Å². The van der Waals surface area contributed by atoms with Gasteiger partial charge in [0.05, 0.1) is 0 Å². The van der Waals surface area contributed by atoms with Gasteiger partial charge in [0.25, 0.3) is 0 Å². The molecule has 0 radical (unpaired) electrons. The molecule has 0 fully saturated rings. The number of carbonyl (C=O) groups is 2. The summed E-state index contributed by atoms with van der Waals surface area (Å²) in [6.07, 6.45) is -0.627. The van der Waals surface area contributed by atoms with Gasteiger partial charge in [0.15, 0.2) is 0 Å². The van der Waals surface area contributed by atoms with E-state index < -0.39 is 31.5 Å². The van der Waals surface area contributed by atoms with Gasteiger partial charge < -0.3 is 19.6 Å². The fourth-order valence-corrected chi connectivity index (χ4v) is 3.26. The van der Waals surface area contributed by atoms with Crippen molar-refractivity contribution in [2.75, 3.05) is 0 Å². The molecule has 2 N–H and O–H groups in total. The summed E-state index contributed by atoms with van der Waals surface area (Å²) in [6.45, 7) is 17.5. The smallest absolute Gasteiger partial charge is 0.408 e. The van der Waals surface area contributed by atoms with Crippen molar-refractivity contribution < 1.29 is 23.9 Å². The Balaban J connectivity index is 2.92. The summed E-state index contributed by atoms with van der Waals surface area (Å²) in [4.78, 5) is 23.9. The van der Waals surface area contributed by atoms with Crippen molar-refractivity contribution in [2.24, 2.45) is 0 Å². The number of carbonyl (C=O) groups excluding carboxylic acids is 1. The molecule has 1 aromatic carbocycles. The van der Waals surface area contributed by atoms with Gasteiger partial charge in [-0.1, -0.05) is 32.9 Å². The third-order valence-electron chi connectivity index (χ3n) is 4.91. The predicted molar refractivity (Wildman–Crippen MR) is 113 cm³/mol. The Bertz CT molecular complexity index is 701. The van der Waals surface area contributed by atoms with E-state index in [1.54, 1.807) is 20.8 Å². The monoisotopic (exact) mass is 409 g/mol. The Morgan fingerprint density at radius 1 is 1.00 bits per heavy atom. The molecular formula is C21H35NO5Si. The van der Waals surface area contributed by atoms with Crippen LogP contribution in [0.25, 0.3) is 0 Å². The zero-order valence-corrected chi connectivity index (χ0v) is 19.6. The Hall–Kier alpha value is -2.02. The van der Waals surface area contributed by atoms with Crippen LogP contribution in [0.2, 0.25) is 18.1 Å². The molecule has 7 heteroatoms. The highest BCUT2D eigenvalue weighted by Crippen LogP contribution is 2.37. The molecule has 28 heavy (non-hydrogen) atoms. The number of amides is 1. The van der Waals surface area contributed by atoms with E-state index >= 15 is 0 Å². The van der Waals surface area contributed by atoms with Crippen LogP contribution in [-0.4, -0.2) is 36.6 Å². The first-order chi connectivity index (χ1) is 12.5. The minimum atomic E-state index is -1.94. The number of rotatable bonds is 6. The molecular weight excluding hydrogens is 374 g/mol. The van der Waals surface area contributed by atoms with Crippen molar-refractivity contribution >= 4 is 20.4 Å². The maximum Gasteiger partial charge on any atom is 0.408 e. The van der Waals surface area contributed by atoms with E-state index in [1.807, 2.05) is 24.3 Å². The minimum absolute atomic E-state index is 0.0882. The third-order valence-corrected chi connectivity index (χ3v) is 9.27. The van der Waals surface area contributed by atoms with Crippen molar-refractivity contribution in [3.63, 3.8) is 0 Å². The lowest BCUT2D eigenvalue weighted by atomic mass is 9.93. The van der Waals surface area contributed by atoms with Crippen LogP contribution >= 0.6 is 0 Å². The second kappa shape index (κ2) is 8.15. The second-order valence-electron chi connectivity index (χ2n) is 9.95. The molecule has 1 unspecified atom stereocenters. The van der Waals surface area contributed by atoms with Crippen LogP contribution in [0.5, 0.6) is 5.75 Å². The van der Waals surface area contributed by atoms with Crippen LogP contribution in [0.4, 0.5) is 4.79 Å². The van der Waals surface area contributed by atoms with E-state index in [2.05, 4.69) is 39.2 Å². The average Bonchev–Trinajstić information content (AvgIpc) is 2.45. The number of carboxylic acids is 1. The number of hydrogen-bond donors (Lipinski definition) is 2. The summed E-state index contributed by atoms with van der Waals surface area (Å²) in [6, 6.07) is 7.37. The summed E-state index contributed by atoms with van der Waals surface area (Å²) in [5, 5.41) is 12.2. The van der Waals surface area contributed by atoms with Crippen LogP contribution in [0.15, 0.2) is 24.3 Å². The quantitative estimate of drug-likeness (QED) is 0.647. The molecule has 158 valence electrons. The Morgan fingerprint density at radius 2 is 1.50 bits per heavy atom. The molecule has 0 aliphatic heterocycles. The van der Waals surface area contributed by atoms with Gasteiger partial charge in [-0.05, 0) is 63.5 Å². The van der Waals surface area contributed by atoms with Gasteiger partial charge in [0, 0.05) is 6.42 Å². The molecule has 0 aliphatic rings. The number of alkyl carbamates (subject to hydrolysis) is 1. The molecule has 6 nitrogen and oxygen atoms in total. The summed E-state index contributed by atoms with van der Waals surface area (Å²) < 4.78 is 11.4. The highest BCUT2D eigenvalue weighted by atomic mass is 28.4. The van der Waals surface area contributed by atoms with Gasteiger partial charge in [-0.25, -0.2) is 9.59 Å². The lowest BCUT2D eigenvalue weighted by Crippen LogP contribution is -2.54. The van der Waals surface area contributed by atoms with E-state index in [1.165, 1.54) is 6.92 Å². The summed E-state index contributed by atoms with van der Waals surface area (Å²) in [7, 11) is -1.94. The molecule has 1 rings (SSSR count). The van der Waals surface area contributed by atoms with E-state index in [4.69, 9.17) is 9.16 Å². The molecule has 1 atom stereocenters. The standard InChI is InChI=1S/C21H35NO5Si/c1-19(2,3)26-18(25)22-21(7,17(23)24)14-15-10-12-16(13-11-15)27-28(8,9)20(4,5)6/h10-13H,14H2,1-9H3,(H,22,25)(H,23,24). The number of benzene rings is 1. The molecule has 0 aromatic heterocycles. The fraction of sp³-hybridized carbons (Fsp3) is 0.619. The zero-order valence-electron chi connectivity index (χ0n) is 18.6. The third kappa shape index (κ3) is 6.85. The molecule has 0 aliphatic carbocycles. The maximum atomic E-state index is 12.1. The van der Waals surface area contributed by atoms with Gasteiger partial charge in [0.2, 0.25) is 8.32 Å². The van der Waals surface area contributed by atoms with Crippen LogP contribution < -0.4 is 9.74 Å². The number of aliphatic carboxylic acids is 1. The van der Waals surface area contributed by atoms with Crippen LogP contribution in [0, 0.1) is 0 Å². The molecule has 0 bridgehead atoms. The molecule has 0 saturated heterocycles. The number of hydrogen-bond acceptors (Lipinski definition) is 4. The van der Waals surface area contributed by atoms with E-state index in [0.29, 0.717) is 0 Å². The summed E-state index contributed by atoms with van der Waals surface area (Å²) in [5.41, 5.74) is -1.40. The average molecular weight is 410 g/mol. The summed E-state index contributed by atoms with van der Waals surface area (Å²) >= 11 is 0. The van der Waals surface area contributed by atoms with Crippen LogP contribution in [0.3, 0.4) is 0 Å². The topological polar surface area (TPSA) is 84.9 Å². The SMILES string of the molecule is CC(C)(C)OC(=O)NC(C)(Cc1ccc(O[Si](C)(C)C(C)(C)C)cc1)C(=O)O. The Morgan fingerprint density at radius 3 is 1.89 bits per heavy atom. The normalized spacial score (nSPS) is 14.8. The molecule has 1 aromatic rings. The van der Waals surface area contributed by atoms with Crippen molar-refractivity contribution in [3.05, 3.63) is 29.8 Å². The zero-order chi connectivity index (χ0) is 22.0. The van der Waals surface area contributed by atoms with E-state index in [-0.39, 0.29) is 11.5 Å². The van der Waals surface area contributed by atoms with Crippen LogP contribution in [0.1, 0.15) is 54.0 Å². The largest absolute Gasteiger partial charge is 0.544 e. The molecule has 0 heterocycles. The van der Waals surface area contributed by atoms with Crippen molar-refractivity contribution in [1.82, 2.24) is 5.32 Å². The van der Waals surface area contributed by atoms with Crippen molar-refractivity contribution in [1.29, 1.82) is 0 Å². The predicted octanol–water partition coefficient (Wildman–Crippen LogP) is 4.98. The van der Waals surface area contributed by atoms with Crippen molar-refractivity contribution in [3.8, 4) is 5.75 Å². The Kier molecular flexibility index (Phi) is 6.99. The van der Waals surface area contributed by atoms with Gasteiger partial charge in [-0.15, -0.1) is 0 Å². The molecule has 1 amide bonds. The molecule has 0 saturated carbocycles. The van der Waals surface area contributed by atoms with Crippen molar-refractivity contribution in [2.45, 2.75) is 84.2 Å². The van der Waals surface area contributed by atoms with E-state index in [9.17, 15) is 14.7 Å². The first-order valence-corrected chi connectivity index (χ1v) is 12.4. The lowest BCUT2D eigenvalue weighted by Gasteiger charge is -2.36.